The molecule has 1 atom stereocenters. The molecule has 0 bridgehead atoms. The standard InChI is InChI=1S/C21H23FN4O2S/c1-3-13-23-20(27)15(2)29-21-25-24-19(26(21)16-9-5-4-6-10-16)14-28-18-12-8-7-11-17(18)22/h4-12,15H,3,13-14H2,1-2H3,(H,23,27)/t15-/m0/s1. The van der Waals surface area contributed by atoms with Crippen LogP contribution in [0.15, 0.2) is 59.8 Å². The van der Waals surface area contributed by atoms with Crippen molar-refractivity contribution in [2.45, 2.75) is 37.3 Å². The SMILES string of the molecule is CCCNC(=O)[C@H](C)Sc1nnc(COc2ccccc2F)n1-c1ccccc1. The van der Waals surface area contributed by atoms with Crippen LogP contribution in [0.2, 0.25) is 0 Å². The van der Waals surface area contributed by atoms with E-state index in [4.69, 9.17) is 4.74 Å². The van der Waals surface area contributed by atoms with Crippen molar-refractivity contribution in [2.24, 2.45) is 0 Å². The lowest BCUT2D eigenvalue weighted by Gasteiger charge is -2.14. The normalized spacial score (nSPS) is 11.8. The number of benzene rings is 2. The monoisotopic (exact) mass is 414 g/mol. The van der Waals surface area contributed by atoms with Crippen molar-refractivity contribution in [1.29, 1.82) is 0 Å². The summed E-state index contributed by atoms with van der Waals surface area (Å²) < 4.78 is 21.3. The maximum Gasteiger partial charge on any atom is 0.233 e. The highest BCUT2D eigenvalue weighted by Gasteiger charge is 2.21. The van der Waals surface area contributed by atoms with E-state index in [2.05, 4.69) is 15.5 Å². The van der Waals surface area contributed by atoms with Gasteiger partial charge in [0.15, 0.2) is 22.5 Å². The molecule has 3 aromatic rings. The summed E-state index contributed by atoms with van der Waals surface area (Å²) in [5.74, 6) is 0.178. The van der Waals surface area contributed by atoms with Crippen LogP contribution in [-0.4, -0.2) is 32.5 Å². The average molecular weight is 415 g/mol. The Morgan fingerprint density at radius 2 is 1.90 bits per heavy atom. The lowest BCUT2D eigenvalue weighted by molar-refractivity contribution is -0.120. The number of halogens is 1. The first kappa shape index (κ1) is 20.9. The number of nitrogens with one attached hydrogen (secondary N) is 1. The van der Waals surface area contributed by atoms with Crippen molar-refractivity contribution in [3.8, 4) is 11.4 Å². The van der Waals surface area contributed by atoms with Crippen LogP contribution in [0, 0.1) is 5.82 Å². The smallest absolute Gasteiger partial charge is 0.233 e. The topological polar surface area (TPSA) is 69.0 Å². The minimum atomic E-state index is -0.436. The Morgan fingerprint density at radius 3 is 2.62 bits per heavy atom. The van der Waals surface area contributed by atoms with Gasteiger partial charge in [-0.2, -0.15) is 0 Å². The summed E-state index contributed by atoms with van der Waals surface area (Å²) in [5.41, 5.74) is 0.841. The van der Waals surface area contributed by atoms with Gasteiger partial charge in [-0.1, -0.05) is 49.0 Å². The Balaban J connectivity index is 1.84. The van der Waals surface area contributed by atoms with E-state index in [9.17, 15) is 9.18 Å². The van der Waals surface area contributed by atoms with E-state index in [-0.39, 0.29) is 23.5 Å². The number of para-hydroxylation sites is 2. The number of amides is 1. The number of carbonyl (C=O) groups excluding carboxylic acids is 1. The number of hydrogen-bond acceptors (Lipinski definition) is 5. The minimum absolute atomic E-state index is 0.0415. The first-order chi connectivity index (χ1) is 14.1. The molecule has 6 nitrogen and oxygen atoms in total. The third kappa shape index (κ3) is 5.35. The van der Waals surface area contributed by atoms with Crippen molar-refractivity contribution in [3.63, 3.8) is 0 Å². The van der Waals surface area contributed by atoms with Gasteiger partial charge in [-0.3, -0.25) is 9.36 Å². The molecule has 0 aliphatic carbocycles. The summed E-state index contributed by atoms with van der Waals surface area (Å²) in [4.78, 5) is 12.3. The first-order valence-corrected chi connectivity index (χ1v) is 10.3. The van der Waals surface area contributed by atoms with Gasteiger partial charge in [0.05, 0.1) is 5.25 Å². The molecule has 8 heteroatoms. The largest absolute Gasteiger partial charge is 0.483 e. The van der Waals surface area contributed by atoms with Crippen molar-refractivity contribution in [3.05, 3.63) is 66.2 Å². The highest BCUT2D eigenvalue weighted by atomic mass is 32.2. The molecule has 0 spiro atoms. The molecule has 1 aromatic heterocycles. The fourth-order valence-electron chi connectivity index (χ4n) is 2.61. The second kappa shape index (κ2) is 10.1. The summed E-state index contributed by atoms with van der Waals surface area (Å²) in [7, 11) is 0. The number of hydrogen-bond donors (Lipinski definition) is 1. The van der Waals surface area contributed by atoms with E-state index in [0.717, 1.165) is 12.1 Å². The summed E-state index contributed by atoms with van der Waals surface area (Å²) in [6, 6.07) is 15.8. The van der Waals surface area contributed by atoms with Crippen LogP contribution in [0.4, 0.5) is 4.39 Å². The van der Waals surface area contributed by atoms with Gasteiger partial charge in [-0.15, -0.1) is 10.2 Å². The molecule has 152 valence electrons. The van der Waals surface area contributed by atoms with Gasteiger partial charge < -0.3 is 10.1 Å². The molecule has 1 N–H and O–H groups in total. The van der Waals surface area contributed by atoms with Crippen molar-refractivity contribution in [2.75, 3.05) is 6.54 Å². The number of aromatic nitrogens is 3. The van der Waals surface area contributed by atoms with Crippen LogP contribution < -0.4 is 10.1 Å². The molecule has 0 aliphatic rings. The number of nitrogens with zero attached hydrogens (tertiary/aromatic N) is 3. The molecule has 1 heterocycles. The molecule has 0 fully saturated rings. The number of rotatable bonds is 9. The highest BCUT2D eigenvalue weighted by Crippen LogP contribution is 2.26. The molecule has 0 radical (unpaired) electrons. The minimum Gasteiger partial charge on any atom is -0.483 e. The fourth-order valence-corrected chi connectivity index (χ4v) is 3.52. The van der Waals surface area contributed by atoms with E-state index >= 15 is 0 Å². The molecule has 1 amide bonds. The van der Waals surface area contributed by atoms with E-state index in [0.29, 0.717) is 17.5 Å². The van der Waals surface area contributed by atoms with E-state index < -0.39 is 5.82 Å². The summed E-state index contributed by atoms with van der Waals surface area (Å²) >= 11 is 1.32. The summed E-state index contributed by atoms with van der Waals surface area (Å²) in [6.07, 6.45) is 0.876. The molecule has 2 aromatic carbocycles. The zero-order valence-corrected chi connectivity index (χ0v) is 17.2. The van der Waals surface area contributed by atoms with Crippen LogP contribution in [-0.2, 0) is 11.4 Å². The van der Waals surface area contributed by atoms with Gasteiger partial charge >= 0.3 is 0 Å². The lowest BCUT2D eigenvalue weighted by atomic mass is 10.3. The fraction of sp³-hybridized carbons (Fsp3) is 0.286. The predicted molar refractivity (Wildman–Crippen MR) is 111 cm³/mol. The molecule has 0 unspecified atom stereocenters. The van der Waals surface area contributed by atoms with Gasteiger partial charge in [0.25, 0.3) is 0 Å². The first-order valence-electron chi connectivity index (χ1n) is 9.41. The van der Waals surface area contributed by atoms with Crippen molar-refractivity contribution in [1.82, 2.24) is 20.1 Å². The molecule has 0 saturated carbocycles. The number of ether oxygens (including phenoxy) is 1. The van der Waals surface area contributed by atoms with Crippen LogP contribution in [0.1, 0.15) is 26.1 Å². The lowest BCUT2D eigenvalue weighted by Crippen LogP contribution is -2.31. The van der Waals surface area contributed by atoms with Crippen LogP contribution >= 0.6 is 11.8 Å². The van der Waals surface area contributed by atoms with Gasteiger partial charge in [-0.05, 0) is 37.6 Å². The third-order valence-corrected chi connectivity index (χ3v) is 5.15. The third-order valence-electron chi connectivity index (χ3n) is 4.11. The van der Waals surface area contributed by atoms with Gasteiger partial charge in [0.2, 0.25) is 5.91 Å². The zero-order chi connectivity index (χ0) is 20.6. The van der Waals surface area contributed by atoms with Gasteiger partial charge in [0.1, 0.15) is 6.61 Å². The average Bonchev–Trinajstić information content (AvgIpc) is 3.14. The zero-order valence-electron chi connectivity index (χ0n) is 16.3. The summed E-state index contributed by atoms with van der Waals surface area (Å²) in [5, 5.41) is 11.6. The van der Waals surface area contributed by atoms with E-state index in [1.165, 1.54) is 17.8 Å². The maximum absolute atomic E-state index is 13.9. The molecule has 0 saturated heterocycles. The second-order valence-electron chi connectivity index (χ2n) is 6.34. The molecular weight excluding hydrogens is 391 g/mol. The molecular formula is C21H23FN4O2S. The van der Waals surface area contributed by atoms with Gasteiger partial charge in [-0.25, -0.2) is 4.39 Å². The Bertz CT molecular complexity index is 949. The number of carbonyl (C=O) groups is 1. The Hall–Kier alpha value is -2.87. The molecule has 0 aliphatic heterocycles. The second-order valence-corrected chi connectivity index (χ2v) is 7.65. The molecule has 29 heavy (non-hydrogen) atoms. The Kier molecular flexibility index (Phi) is 7.24. The quantitative estimate of drug-likeness (QED) is 0.536. The summed E-state index contributed by atoms with van der Waals surface area (Å²) in [6.45, 7) is 4.51. The Labute approximate surface area is 173 Å². The Morgan fingerprint density at radius 1 is 1.17 bits per heavy atom. The van der Waals surface area contributed by atoms with E-state index in [1.54, 1.807) is 18.2 Å². The van der Waals surface area contributed by atoms with Crippen molar-refractivity contribution < 1.29 is 13.9 Å². The van der Waals surface area contributed by atoms with Crippen LogP contribution in [0.5, 0.6) is 5.75 Å². The predicted octanol–water partition coefficient (Wildman–Crippen LogP) is 3.99. The van der Waals surface area contributed by atoms with Gasteiger partial charge in [0, 0.05) is 12.2 Å². The molecule has 3 rings (SSSR count). The van der Waals surface area contributed by atoms with E-state index in [1.807, 2.05) is 48.7 Å². The highest BCUT2D eigenvalue weighted by molar-refractivity contribution is 8.00. The van der Waals surface area contributed by atoms with Crippen LogP contribution in [0.25, 0.3) is 5.69 Å². The van der Waals surface area contributed by atoms with Crippen LogP contribution in [0.3, 0.4) is 0 Å². The number of thioether (sulfide) groups is 1. The maximum atomic E-state index is 13.9. The van der Waals surface area contributed by atoms with Crippen molar-refractivity contribution >= 4 is 17.7 Å².